The molecular weight excluding hydrogens is 364 g/mol. The Morgan fingerprint density at radius 2 is 1.97 bits per heavy atom. The summed E-state index contributed by atoms with van der Waals surface area (Å²) in [4.78, 5) is 7.57. The van der Waals surface area contributed by atoms with Gasteiger partial charge < -0.3 is 19.1 Å². The standard InChI is InChI=1S/C24H32N2O3/c1-5-6-7-21-18-12-16(2)29-15-20(18)19-14-26(11-10-22(19)25-21)17-8-9-23(27-3)24(13-17)28-4/h8-9,13,16H,5-7,10-12,14-15H2,1-4H3/t16-/m0/s1. The summed E-state index contributed by atoms with van der Waals surface area (Å²) in [5.41, 5.74) is 7.95. The predicted molar refractivity (Wildman–Crippen MR) is 115 cm³/mol. The van der Waals surface area contributed by atoms with Gasteiger partial charge in [0.25, 0.3) is 0 Å². The van der Waals surface area contributed by atoms with Crippen LogP contribution in [0.3, 0.4) is 0 Å². The minimum atomic E-state index is 0.272. The van der Waals surface area contributed by atoms with Gasteiger partial charge in [-0.15, -0.1) is 0 Å². The van der Waals surface area contributed by atoms with Crippen LogP contribution in [0.15, 0.2) is 18.2 Å². The molecule has 0 aliphatic carbocycles. The summed E-state index contributed by atoms with van der Waals surface area (Å²) in [6.45, 7) is 6.95. The maximum atomic E-state index is 6.05. The number of unbranched alkanes of at least 4 members (excludes halogenated alkanes) is 1. The first kappa shape index (κ1) is 20.0. The van der Waals surface area contributed by atoms with Crippen molar-refractivity contribution in [2.75, 3.05) is 25.7 Å². The lowest BCUT2D eigenvalue weighted by Crippen LogP contribution is -2.34. The second-order valence-corrected chi connectivity index (χ2v) is 8.08. The molecule has 0 spiro atoms. The van der Waals surface area contributed by atoms with E-state index in [1.807, 2.05) is 6.07 Å². The molecule has 2 aliphatic rings. The lowest BCUT2D eigenvalue weighted by atomic mass is 9.89. The highest BCUT2D eigenvalue weighted by Crippen LogP contribution is 2.36. The molecule has 4 rings (SSSR count). The van der Waals surface area contributed by atoms with E-state index in [9.17, 15) is 0 Å². The van der Waals surface area contributed by atoms with Gasteiger partial charge in [0.15, 0.2) is 11.5 Å². The monoisotopic (exact) mass is 396 g/mol. The summed E-state index contributed by atoms with van der Waals surface area (Å²) in [5, 5.41) is 0. The highest BCUT2D eigenvalue weighted by molar-refractivity contribution is 5.58. The molecule has 1 aromatic carbocycles. The zero-order valence-corrected chi connectivity index (χ0v) is 18.1. The zero-order chi connectivity index (χ0) is 20.4. The lowest BCUT2D eigenvalue weighted by molar-refractivity contribution is 0.0398. The molecule has 29 heavy (non-hydrogen) atoms. The molecule has 0 saturated carbocycles. The number of nitrogens with zero attached hydrogens (tertiary/aromatic N) is 2. The smallest absolute Gasteiger partial charge is 0.162 e. The van der Waals surface area contributed by atoms with Crippen molar-refractivity contribution < 1.29 is 14.2 Å². The third-order valence-electron chi connectivity index (χ3n) is 6.17. The maximum absolute atomic E-state index is 6.05. The highest BCUT2D eigenvalue weighted by atomic mass is 16.5. The van der Waals surface area contributed by atoms with Gasteiger partial charge >= 0.3 is 0 Å². The summed E-state index contributed by atoms with van der Waals surface area (Å²) < 4.78 is 17.0. The maximum Gasteiger partial charge on any atom is 0.162 e. The number of aromatic nitrogens is 1. The van der Waals surface area contributed by atoms with Crippen molar-refractivity contribution >= 4 is 5.69 Å². The van der Waals surface area contributed by atoms with Gasteiger partial charge in [-0.2, -0.15) is 0 Å². The molecule has 156 valence electrons. The molecule has 5 heteroatoms. The zero-order valence-electron chi connectivity index (χ0n) is 18.1. The van der Waals surface area contributed by atoms with Crippen LogP contribution >= 0.6 is 0 Å². The number of pyridine rings is 1. The van der Waals surface area contributed by atoms with Gasteiger partial charge in [-0.3, -0.25) is 4.98 Å². The summed E-state index contributed by atoms with van der Waals surface area (Å²) in [7, 11) is 3.35. The summed E-state index contributed by atoms with van der Waals surface area (Å²) in [5.74, 6) is 1.53. The lowest BCUT2D eigenvalue weighted by Gasteiger charge is -2.35. The minimum Gasteiger partial charge on any atom is -0.493 e. The van der Waals surface area contributed by atoms with Gasteiger partial charge in [0, 0.05) is 49.1 Å². The van der Waals surface area contributed by atoms with Crippen LogP contribution in [0.5, 0.6) is 11.5 Å². The molecule has 5 nitrogen and oxygen atoms in total. The summed E-state index contributed by atoms with van der Waals surface area (Å²) in [6, 6.07) is 6.16. The van der Waals surface area contributed by atoms with E-state index in [0.29, 0.717) is 6.61 Å². The number of hydrogen-bond acceptors (Lipinski definition) is 5. The van der Waals surface area contributed by atoms with Gasteiger partial charge in [-0.1, -0.05) is 13.3 Å². The summed E-state index contributed by atoms with van der Waals surface area (Å²) >= 11 is 0. The Kier molecular flexibility index (Phi) is 5.95. The summed E-state index contributed by atoms with van der Waals surface area (Å²) in [6.07, 6.45) is 5.69. The third-order valence-corrected chi connectivity index (χ3v) is 6.17. The molecule has 3 heterocycles. The van der Waals surface area contributed by atoms with E-state index in [1.54, 1.807) is 14.2 Å². The number of aryl methyl sites for hydroxylation is 1. The molecule has 1 aromatic heterocycles. The fourth-order valence-corrected chi connectivity index (χ4v) is 4.51. The largest absolute Gasteiger partial charge is 0.493 e. The minimum absolute atomic E-state index is 0.272. The molecular formula is C24H32N2O3. The highest BCUT2D eigenvalue weighted by Gasteiger charge is 2.28. The van der Waals surface area contributed by atoms with Crippen molar-refractivity contribution in [1.82, 2.24) is 4.98 Å². The van der Waals surface area contributed by atoms with Crippen molar-refractivity contribution in [3.8, 4) is 11.5 Å². The fraction of sp³-hybridized carbons (Fsp3) is 0.542. The first-order valence-corrected chi connectivity index (χ1v) is 10.8. The van der Waals surface area contributed by atoms with Crippen molar-refractivity contribution in [1.29, 1.82) is 0 Å². The Balaban J connectivity index is 1.68. The molecule has 0 unspecified atom stereocenters. The van der Waals surface area contributed by atoms with Gasteiger partial charge in [0.1, 0.15) is 0 Å². The van der Waals surface area contributed by atoms with Crippen LogP contribution < -0.4 is 14.4 Å². The first-order valence-electron chi connectivity index (χ1n) is 10.8. The van der Waals surface area contributed by atoms with Crippen LogP contribution in [0.25, 0.3) is 0 Å². The average molecular weight is 397 g/mol. The van der Waals surface area contributed by atoms with E-state index >= 15 is 0 Å². The Morgan fingerprint density at radius 1 is 1.14 bits per heavy atom. The Bertz CT molecular complexity index is 881. The molecule has 2 aliphatic heterocycles. The number of ether oxygens (including phenoxy) is 3. The van der Waals surface area contributed by atoms with E-state index in [-0.39, 0.29) is 6.10 Å². The number of fused-ring (bicyclic) bond motifs is 3. The van der Waals surface area contributed by atoms with Gasteiger partial charge in [-0.05, 0) is 48.6 Å². The number of rotatable bonds is 6. The second-order valence-electron chi connectivity index (χ2n) is 8.08. The SMILES string of the molecule is CCCCc1nc2c(c3c1C[C@H](C)OC3)CN(c1ccc(OC)c(OC)c1)CC2. The normalized spacial score (nSPS) is 18.2. The number of hydrogen-bond donors (Lipinski definition) is 0. The van der Waals surface area contributed by atoms with E-state index in [0.717, 1.165) is 49.5 Å². The topological polar surface area (TPSA) is 43.8 Å². The second kappa shape index (κ2) is 8.62. The van der Waals surface area contributed by atoms with Crippen molar-refractivity contribution in [2.24, 2.45) is 0 Å². The molecule has 0 radical (unpaired) electrons. The molecule has 0 fully saturated rings. The number of benzene rings is 1. The van der Waals surface area contributed by atoms with Gasteiger partial charge in [0.05, 0.1) is 26.9 Å². The Hall–Kier alpha value is -2.27. The molecule has 0 N–H and O–H groups in total. The van der Waals surface area contributed by atoms with Crippen LogP contribution in [-0.2, 0) is 37.2 Å². The molecule has 0 bridgehead atoms. The van der Waals surface area contributed by atoms with Gasteiger partial charge in [-0.25, -0.2) is 0 Å². The predicted octanol–water partition coefficient (Wildman–Crippen LogP) is 4.47. The molecule has 2 aromatic rings. The first-order chi connectivity index (χ1) is 14.1. The molecule has 0 amide bonds. The van der Waals surface area contributed by atoms with Crippen LogP contribution in [0, 0.1) is 0 Å². The number of methoxy groups -OCH3 is 2. The van der Waals surface area contributed by atoms with Gasteiger partial charge in [0.2, 0.25) is 0 Å². The third kappa shape index (κ3) is 3.93. The van der Waals surface area contributed by atoms with Crippen LogP contribution in [-0.4, -0.2) is 31.9 Å². The van der Waals surface area contributed by atoms with Crippen LogP contribution in [0.2, 0.25) is 0 Å². The van der Waals surface area contributed by atoms with Crippen LogP contribution in [0.1, 0.15) is 54.8 Å². The van der Waals surface area contributed by atoms with Crippen molar-refractivity contribution in [3.05, 3.63) is 46.3 Å². The van der Waals surface area contributed by atoms with Crippen molar-refractivity contribution in [3.63, 3.8) is 0 Å². The average Bonchev–Trinajstić information content (AvgIpc) is 2.76. The Labute approximate surface area is 174 Å². The quantitative estimate of drug-likeness (QED) is 0.721. The van der Waals surface area contributed by atoms with E-state index in [1.165, 1.54) is 40.9 Å². The van der Waals surface area contributed by atoms with E-state index < -0.39 is 0 Å². The Morgan fingerprint density at radius 3 is 2.72 bits per heavy atom. The van der Waals surface area contributed by atoms with Crippen molar-refractivity contribution in [2.45, 2.75) is 65.2 Å². The van der Waals surface area contributed by atoms with E-state index in [2.05, 4.69) is 30.9 Å². The van der Waals surface area contributed by atoms with Crippen LogP contribution in [0.4, 0.5) is 5.69 Å². The molecule has 0 saturated heterocycles. The van der Waals surface area contributed by atoms with E-state index in [4.69, 9.17) is 19.2 Å². The fourth-order valence-electron chi connectivity index (χ4n) is 4.51. The number of anilines is 1. The molecule has 1 atom stereocenters.